The molecular weight excluding hydrogens is 294 g/mol. The van der Waals surface area contributed by atoms with Gasteiger partial charge in [0.25, 0.3) is 5.91 Å². The standard InChI is InChI=1S/C16H21N5O2/c1-21-11-12(10-19-21)6-7-15(22)20-14-5-3-2-4-13(14)16(23)18-9-8-17/h2-5,10-11H,6-9,17H2,1H3,(H,18,23)(H,20,22). The van der Waals surface area contributed by atoms with Crippen molar-refractivity contribution < 1.29 is 9.59 Å². The van der Waals surface area contributed by atoms with Gasteiger partial charge in [-0.1, -0.05) is 12.1 Å². The Bertz CT molecular complexity index is 681. The summed E-state index contributed by atoms with van der Waals surface area (Å²) in [6, 6.07) is 6.90. The number of nitrogens with two attached hydrogens (primary N) is 1. The maximum Gasteiger partial charge on any atom is 0.253 e. The quantitative estimate of drug-likeness (QED) is 0.699. The van der Waals surface area contributed by atoms with Crippen LogP contribution in [0.3, 0.4) is 0 Å². The number of benzene rings is 1. The lowest BCUT2D eigenvalue weighted by atomic mass is 10.1. The van der Waals surface area contributed by atoms with Crippen molar-refractivity contribution in [1.29, 1.82) is 0 Å². The van der Waals surface area contributed by atoms with E-state index in [1.54, 1.807) is 35.1 Å². The Labute approximate surface area is 134 Å². The molecule has 2 amide bonds. The van der Waals surface area contributed by atoms with Crippen molar-refractivity contribution in [3.63, 3.8) is 0 Å². The van der Waals surface area contributed by atoms with Gasteiger partial charge in [-0.05, 0) is 24.1 Å². The first-order chi connectivity index (χ1) is 11.1. The van der Waals surface area contributed by atoms with Crippen molar-refractivity contribution in [3.8, 4) is 0 Å². The van der Waals surface area contributed by atoms with Crippen LogP contribution in [0.2, 0.25) is 0 Å². The normalized spacial score (nSPS) is 10.3. The average Bonchev–Trinajstić information content (AvgIpc) is 2.96. The van der Waals surface area contributed by atoms with E-state index >= 15 is 0 Å². The Kier molecular flexibility index (Phi) is 5.87. The summed E-state index contributed by atoms with van der Waals surface area (Å²) in [5.41, 5.74) is 7.30. The summed E-state index contributed by atoms with van der Waals surface area (Å²) < 4.78 is 1.70. The highest BCUT2D eigenvalue weighted by Crippen LogP contribution is 2.15. The number of nitrogens with zero attached hydrogens (tertiary/aromatic N) is 2. The molecule has 0 saturated carbocycles. The average molecular weight is 315 g/mol. The fourth-order valence-corrected chi connectivity index (χ4v) is 2.14. The maximum absolute atomic E-state index is 12.1. The van der Waals surface area contributed by atoms with Crippen LogP contribution in [0.4, 0.5) is 5.69 Å². The monoisotopic (exact) mass is 315 g/mol. The van der Waals surface area contributed by atoms with Gasteiger partial charge >= 0.3 is 0 Å². The number of nitrogens with one attached hydrogen (secondary N) is 2. The lowest BCUT2D eigenvalue weighted by Gasteiger charge is -2.11. The van der Waals surface area contributed by atoms with E-state index in [2.05, 4.69) is 15.7 Å². The van der Waals surface area contributed by atoms with E-state index in [4.69, 9.17) is 5.73 Å². The molecule has 0 bridgehead atoms. The number of carbonyl (C=O) groups excluding carboxylic acids is 2. The van der Waals surface area contributed by atoms with Crippen molar-refractivity contribution in [3.05, 3.63) is 47.8 Å². The van der Waals surface area contributed by atoms with E-state index in [0.717, 1.165) is 5.56 Å². The molecule has 7 nitrogen and oxygen atoms in total. The highest BCUT2D eigenvalue weighted by Gasteiger charge is 2.12. The van der Waals surface area contributed by atoms with Crippen molar-refractivity contribution in [1.82, 2.24) is 15.1 Å². The fraction of sp³-hybridized carbons (Fsp3) is 0.312. The summed E-state index contributed by atoms with van der Waals surface area (Å²) in [4.78, 5) is 24.2. The molecule has 23 heavy (non-hydrogen) atoms. The number of para-hydroxylation sites is 1. The highest BCUT2D eigenvalue weighted by molar-refractivity contribution is 6.03. The first kappa shape index (κ1) is 16.7. The summed E-state index contributed by atoms with van der Waals surface area (Å²) in [5.74, 6) is -0.397. The molecule has 7 heteroatoms. The van der Waals surface area contributed by atoms with Gasteiger partial charge in [0.1, 0.15) is 0 Å². The molecule has 0 atom stereocenters. The zero-order chi connectivity index (χ0) is 16.7. The number of anilines is 1. The summed E-state index contributed by atoms with van der Waals surface area (Å²) >= 11 is 0. The van der Waals surface area contributed by atoms with Gasteiger partial charge in [0.15, 0.2) is 0 Å². The lowest BCUT2D eigenvalue weighted by molar-refractivity contribution is -0.116. The summed E-state index contributed by atoms with van der Waals surface area (Å²) in [6.07, 6.45) is 4.54. The SMILES string of the molecule is Cn1cc(CCC(=O)Nc2ccccc2C(=O)NCCN)cn1. The second-order valence-electron chi connectivity index (χ2n) is 5.16. The molecule has 0 aliphatic rings. The van der Waals surface area contributed by atoms with Gasteiger partial charge in [-0.2, -0.15) is 5.10 Å². The zero-order valence-corrected chi connectivity index (χ0v) is 13.1. The topological polar surface area (TPSA) is 102 Å². The third-order valence-electron chi connectivity index (χ3n) is 3.27. The molecule has 0 spiro atoms. The Morgan fingerprint density at radius 1 is 1.30 bits per heavy atom. The molecule has 2 aromatic rings. The molecule has 122 valence electrons. The minimum absolute atomic E-state index is 0.145. The predicted octanol–water partition coefficient (Wildman–Crippen LogP) is 0.680. The minimum Gasteiger partial charge on any atom is -0.351 e. The molecule has 1 heterocycles. The van der Waals surface area contributed by atoms with E-state index in [-0.39, 0.29) is 11.8 Å². The molecule has 0 fully saturated rings. The third kappa shape index (κ3) is 4.93. The zero-order valence-electron chi connectivity index (χ0n) is 13.1. The van der Waals surface area contributed by atoms with Crippen LogP contribution < -0.4 is 16.4 Å². The molecule has 0 saturated heterocycles. The molecule has 4 N–H and O–H groups in total. The Morgan fingerprint density at radius 2 is 2.09 bits per heavy atom. The predicted molar refractivity (Wildman–Crippen MR) is 88.0 cm³/mol. The van der Waals surface area contributed by atoms with Crippen LogP contribution in [0.1, 0.15) is 22.3 Å². The maximum atomic E-state index is 12.1. The molecule has 0 radical (unpaired) electrons. The summed E-state index contributed by atoms with van der Waals surface area (Å²) in [5, 5.41) is 9.55. The van der Waals surface area contributed by atoms with E-state index in [9.17, 15) is 9.59 Å². The van der Waals surface area contributed by atoms with Crippen LogP contribution >= 0.6 is 0 Å². The van der Waals surface area contributed by atoms with Crippen LogP contribution in [0.25, 0.3) is 0 Å². The highest BCUT2D eigenvalue weighted by atomic mass is 16.2. The molecule has 1 aromatic heterocycles. The van der Waals surface area contributed by atoms with Crippen LogP contribution in [-0.4, -0.2) is 34.7 Å². The number of hydrogen-bond acceptors (Lipinski definition) is 4. The molecular formula is C16H21N5O2. The summed E-state index contributed by atoms with van der Waals surface area (Å²) in [7, 11) is 1.83. The van der Waals surface area contributed by atoms with Crippen molar-refractivity contribution >= 4 is 17.5 Å². The second kappa shape index (κ2) is 8.09. The molecule has 0 unspecified atom stereocenters. The third-order valence-corrected chi connectivity index (χ3v) is 3.27. The minimum atomic E-state index is -0.251. The first-order valence-corrected chi connectivity index (χ1v) is 7.45. The molecule has 1 aromatic carbocycles. The number of hydrogen-bond donors (Lipinski definition) is 3. The lowest BCUT2D eigenvalue weighted by Crippen LogP contribution is -2.30. The molecule has 0 aliphatic heterocycles. The fourth-order valence-electron chi connectivity index (χ4n) is 2.14. The first-order valence-electron chi connectivity index (χ1n) is 7.45. The largest absolute Gasteiger partial charge is 0.351 e. The van der Waals surface area contributed by atoms with Gasteiger partial charge in [-0.3, -0.25) is 14.3 Å². The van der Waals surface area contributed by atoms with E-state index in [1.807, 2.05) is 13.2 Å². The molecule has 0 aliphatic carbocycles. The Morgan fingerprint density at radius 3 is 2.78 bits per heavy atom. The van der Waals surface area contributed by atoms with Crippen LogP contribution in [0.15, 0.2) is 36.7 Å². The number of aryl methyl sites for hydroxylation is 2. The van der Waals surface area contributed by atoms with Gasteiger partial charge in [0.2, 0.25) is 5.91 Å². The van der Waals surface area contributed by atoms with Gasteiger partial charge in [0.05, 0.1) is 17.4 Å². The number of rotatable bonds is 7. The molecule has 2 rings (SSSR count). The van der Waals surface area contributed by atoms with Gasteiger partial charge < -0.3 is 16.4 Å². The van der Waals surface area contributed by atoms with Crippen LogP contribution in [0, 0.1) is 0 Å². The van der Waals surface area contributed by atoms with E-state index in [1.165, 1.54) is 0 Å². The van der Waals surface area contributed by atoms with Crippen molar-refractivity contribution in [2.45, 2.75) is 12.8 Å². The number of amides is 2. The summed E-state index contributed by atoms with van der Waals surface area (Å²) in [6.45, 7) is 0.757. The van der Waals surface area contributed by atoms with Crippen LogP contribution in [0.5, 0.6) is 0 Å². The number of aromatic nitrogens is 2. The van der Waals surface area contributed by atoms with E-state index in [0.29, 0.717) is 37.2 Å². The Hall–Kier alpha value is -2.67. The van der Waals surface area contributed by atoms with Gasteiger partial charge in [-0.25, -0.2) is 0 Å². The van der Waals surface area contributed by atoms with Crippen molar-refractivity contribution in [2.75, 3.05) is 18.4 Å². The Balaban J connectivity index is 1.96. The number of carbonyl (C=O) groups is 2. The van der Waals surface area contributed by atoms with Crippen LogP contribution in [-0.2, 0) is 18.3 Å². The smallest absolute Gasteiger partial charge is 0.253 e. The van der Waals surface area contributed by atoms with E-state index < -0.39 is 0 Å². The van der Waals surface area contributed by atoms with Gasteiger partial charge in [-0.15, -0.1) is 0 Å². The van der Waals surface area contributed by atoms with Crippen molar-refractivity contribution in [2.24, 2.45) is 12.8 Å². The van der Waals surface area contributed by atoms with Gasteiger partial charge in [0, 0.05) is 32.8 Å². The second-order valence-corrected chi connectivity index (χ2v) is 5.16.